The van der Waals surface area contributed by atoms with E-state index in [-0.39, 0.29) is 0 Å². The largest absolute Gasteiger partial charge is 0.326 e. The minimum absolute atomic E-state index is 0.480. The molecular weight excluding hydrogens is 234 g/mol. The van der Waals surface area contributed by atoms with Gasteiger partial charge in [-0.3, -0.25) is 4.68 Å². The Labute approximate surface area is 104 Å². The minimum Gasteiger partial charge on any atom is -0.326 e. The Kier molecular flexibility index (Phi) is 3.44. The van der Waals surface area contributed by atoms with Crippen LogP contribution in [-0.4, -0.2) is 19.7 Å². The normalized spacial score (nSPS) is 10.8. The van der Waals surface area contributed by atoms with E-state index in [1.807, 2.05) is 31.6 Å². The molecule has 0 saturated carbocycles. The monoisotopic (exact) mass is 249 g/mol. The number of aryl methyl sites for hydroxylation is 3. The maximum Gasteiger partial charge on any atom is 0.194 e. The Hall–Kier alpha value is -1.40. The molecule has 5 nitrogen and oxygen atoms in total. The number of hydrogen-bond donors (Lipinski definition) is 1. The Balaban J connectivity index is 2.36. The molecule has 0 aliphatic carbocycles. The van der Waals surface area contributed by atoms with Gasteiger partial charge in [-0.2, -0.15) is 5.10 Å². The second kappa shape index (κ2) is 4.85. The maximum absolute atomic E-state index is 5.74. The molecule has 0 amide bonds. The summed E-state index contributed by atoms with van der Waals surface area (Å²) in [4.78, 5) is 8.59. The molecule has 2 aromatic rings. The second-order valence-electron chi connectivity index (χ2n) is 3.78. The molecule has 17 heavy (non-hydrogen) atoms. The minimum atomic E-state index is 0.480. The summed E-state index contributed by atoms with van der Waals surface area (Å²) in [5.74, 6) is 0. The smallest absolute Gasteiger partial charge is 0.194 e. The predicted octanol–water partition coefficient (Wildman–Crippen LogP) is 1.44. The van der Waals surface area contributed by atoms with Gasteiger partial charge in [0.05, 0.1) is 5.69 Å². The molecule has 2 aromatic heterocycles. The van der Waals surface area contributed by atoms with Crippen molar-refractivity contribution in [2.45, 2.75) is 30.6 Å². The van der Waals surface area contributed by atoms with E-state index in [2.05, 4.69) is 15.1 Å². The number of nitrogens with zero attached hydrogens (tertiary/aromatic N) is 4. The summed E-state index contributed by atoms with van der Waals surface area (Å²) in [6.07, 6.45) is 1.76. The molecule has 6 heteroatoms. The quantitative estimate of drug-likeness (QED) is 0.833. The SMILES string of the molecule is Cc1ccnc(Sc2c(CN)c(C)nn2C)n1. The molecule has 0 aromatic carbocycles. The lowest BCUT2D eigenvalue weighted by Gasteiger charge is -2.03. The van der Waals surface area contributed by atoms with Gasteiger partial charge >= 0.3 is 0 Å². The van der Waals surface area contributed by atoms with Crippen LogP contribution in [0.4, 0.5) is 0 Å². The fraction of sp³-hybridized carbons (Fsp3) is 0.364. The van der Waals surface area contributed by atoms with Crippen molar-refractivity contribution >= 4 is 11.8 Å². The zero-order valence-corrected chi connectivity index (χ0v) is 11.0. The van der Waals surface area contributed by atoms with E-state index in [0.717, 1.165) is 27.1 Å². The topological polar surface area (TPSA) is 69.6 Å². The molecule has 0 fully saturated rings. The highest BCUT2D eigenvalue weighted by Gasteiger charge is 2.14. The van der Waals surface area contributed by atoms with Gasteiger partial charge in [0.1, 0.15) is 5.03 Å². The van der Waals surface area contributed by atoms with Crippen LogP contribution in [0.3, 0.4) is 0 Å². The Morgan fingerprint density at radius 1 is 1.41 bits per heavy atom. The van der Waals surface area contributed by atoms with Gasteiger partial charge in [0.25, 0.3) is 0 Å². The molecule has 0 radical (unpaired) electrons. The highest BCUT2D eigenvalue weighted by atomic mass is 32.2. The molecule has 0 spiro atoms. The first-order valence-corrected chi connectivity index (χ1v) is 6.13. The average molecular weight is 249 g/mol. The van der Waals surface area contributed by atoms with E-state index in [9.17, 15) is 0 Å². The van der Waals surface area contributed by atoms with Crippen LogP contribution >= 0.6 is 11.8 Å². The molecule has 2 heterocycles. The van der Waals surface area contributed by atoms with E-state index in [1.165, 1.54) is 11.8 Å². The Morgan fingerprint density at radius 3 is 2.82 bits per heavy atom. The first-order chi connectivity index (χ1) is 8.11. The first kappa shape index (κ1) is 12.1. The first-order valence-electron chi connectivity index (χ1n) is 5.32. The van der Waals surface area contributed by atoms with E-state index in [0.29, 0.717) is 6.54 Å². The second-order valence-corrected chi connectivity index (χ2v) is 4.74. The molecule has 2 rings (SSSR count). The number of rotatable bonds is 3. The molecule has 0 aliphatic rings. The van der Waals surface area contributed by atoms with Crippen LogP contribution in [0.25, 0.3) is 0 Å². The van der Waals surface area contributed by atoms with Gasteiger partial charge < -0.3 is 5.73 Å². The van der Waals surface area contributed by atoms with Crippen molar-refractivity contribution in [2.24, 2.45) is 12.8 Å². The zero-order valence-electron chi connectivity index (χ0n) is 10.1. The van der Waals surface area contributed by atoms with Gasteiger partial charge in [-0.1, -0.05) is 0 Å². The van der Waals surface area contributed by atoms with E-state index < -0.39 is 0 Å². The lowest BCUT2D eigenvalue weighted by Crippen LogP contribution is -2.00. The van der Waals surface area contributed by atoms with Gasteiger partial charge in [0.2, 0.25) is 0 Å². The molecule has 0 unspecified atom stereocenters. The lowest BCUT2D eigenvalue weighted by atomic mass is 10.3. The lowest BCUT2D eigenvalue weighted by molar-refractivity contribution is 0.687. The van der Waals surface area contributed by atoms with Crippen LogP contribution in [0.2, 0.25) is 0 Å². The van der Waals surface area contributed by atoms with Gasteiger partial charge in [0.15, 0.2) is 5.16 Å². The zero-order chi connectivity index (χ0) is 12.4. The van der Waals surface area contributed by atoms with Crippen molar-refractivity contribution in [1.82, 2.24) is 19.7 Å². The van der Waals surface area contributed by atoms with Crippen molar-refractivity contribution in [1.29, 1.82) is 0 Å². The van der Waals surface area contributed by atoms with Gasteiger partial charge in [-0.25, -0.2) is 9.97 Å². The molecule has 0 saturated heterocycles. The Morgan fingerprint density at radius 2 is 2.18 bits per heavy atom. The fourth-order valence-corrected chi connectivity index (χ4v) is 2.61. The third kappa shape index (κ3) is 2.48. The van der Waals surface area contributed by atoms with E-state index in [1.54, 1.807) is 6.20 Å². The summed E-state index contributed by atoms with van der Waals surface area (Å²) in [7, 11) is 1.91. The maximum atomic E-state index is 5.74. The number of nitrogens with two attached hydrogens (primary N) is 1. The highest BCUT2D eigenvalue weighted by molar-refractivity contribution is 7.99. The number of aromatic nitrogens is 4. The summed E-state index contributed by atoms with van der Waals surface area (Å²) in [6.45, 7) is 4.39. The number of hydrogen-bond acceptors (Lipinski definition) is 5. The fourth-order valence-electron chi connectivity index (χ4n) is 1.61. The summed E-state index contributed by atoms with van der Waals surface area (Å²) < 4.78 is 1.83. The van der Waals surface area contributed by atoms with Crippen molar-refractivity contribution in [3.8, 4) is 0 Å². The third-order valence-corrected chi connectivity index (χ3v) is 3.54. The highest BCUT2D eigenvalue weighted by Crippen LogP contribution is 2.28. The molecule has 2 N–H and O–H groups in total. The summed E-state index contributed by atoms with van der Waals surface area (Å²) in [5, 5.41) is 6.10. The standard InChI is InChI=1S/C11H15N5S/c1-7-4-5-13-11(14-7)17-10-9(6-12)8(2)15-16(10)3/h4-5H,6,12H2,1-3H3. The molecule has 0 bridgehead atoms. The van der Waals surface area contributed by atoms with Crippen LogP contribution in [0, 0.1) is 13.8 Å². The van der Waals surface area contributed by atoms with Gasteiger partial charge in [-0.15, -0.1) is 0 Å². The molecule has 90 valence electrons. The van der Waals surface area contributed by atoms with E-state index in [4.69, 9.17) is 5.73 Å². The van der Waals surface area contributed by atoms with Crippen LogP contribution in [0.5, 0.6) is 0 Å². The molecule has 0 aliphatic heterocycles. The molecule has 0 atom stereocenters. The van der Waals surface area contributed by atoms with E-state index >= 15 is 0 Å². The van der Waals surface area contributed by atoms with Crippen molar-refractivity contribution in [3.05, 3.63) is 29.2 Å². The summed E-state index contributed by atoms with van der Waals surface area (Å²) in [5.41, 5.74) is 8.72. The Bertz CT molecular complexity index is 535. The average Bonchev–Trinajstić information content (AvgIpc) is 2.53. The van der Waals surface area contributed by atoms with Crippen molar-refractivity contribution < 1.29 is 0 Å². The van der Waals surface area contributed by atoms with Crippen molar-refractivity contribution in [3.63, 3.8) is 0 Å². The van der Waals surface area contributed by atoms with Crippen LogP contribution in [0.1, 0.15) is 17.0 Å². The van der Waals surface area contributed by atoms with Crippen LogP contribution < -0.4 is 5.73 Å². The van der Waals surface area contributed by atoms with Crippen molar-refractivity contribution in [2.75, 3.05) is 0 Å². The van der Waals surface area contributed by atoms with Gasteiger partial charge in [0, 0.05) is 31.0 Å². The van der Waals surface area contributed by atoms with Crippen LogP contribution in [0.15, 0.2) is 22.4 Å². The summed E-state index contributed by atoms with van der Waals surface area (Å²) in [6, 6.07) is 1.88. The van der Waals surface area contributed by atoms with Crippen LogP contribution in [-0.2, 0) is 13.6 Å². The predicted molar refractivity (Wildman–Crippen MR) is 66.7 cm³/mol. The summed E-state index contributed by atoms with van der Waals surface area (Å²) >= 11 is 1.50. The third-order valence-electron chi connectivity index (χ3n) is 2.45. The molecular formula is C11H15N5S. The van der Waals surface area contributed by atoms with Gasteiger partial charge in [-0.05, 0) is 31.7 Å².